The van der Waals surface area contributed by atoms with Crippen molar-refractivity contribution < 1.29 is 8.42 Å². The average Bonchev–Trinajstić information content (AvgIpc) is 2.73. The standard InChI is InChI=1S/C10H12N4O2S/c1-8-3-4-10(5-9(8)2)17(15,16)13-14-6-11-12-7-14/h3-7,13H,1-2H3. The second-order valence-electron chi connectivity index (χ2n) is 3.71. The highest BCUT2D eigenvalue weighted by atomic mass is 32.2. The van der Waals surface area contributed by atoms with Gasteiger partial charge in [-0.05, 0) is 37.1 Å². The van der Waals surface area contributed by atoms with Gasteiger partial charge in [-0.1, -0.05) is 6.07 Å². The molecule has 1 aromatic carbocycles. The molecule has 0 saturated heterocycles. The number of aromatic nitrogens is 3. The molecular weight excluding hydrogens is 240 g/mol. The van der Waals surface area contributed by atoms with Crippen molar-refractivity contribution in [2.24, 2.45) is 0 Å². The van der Waals surface area contributed by atoms with Crippen molar-refractivity contribution in [1.82, 2.24) is 14.9 Å². The number of nitrogens with one attached hydrogen (secondary N) is 1. The molecule has 0 aliphatic heterocycles. The first kappa shape index (κ1) is 11.6. The summed E-state index contributed by atoms with van der Waals surface area (Å²) in [5.41, 5.74) is 1.98. The van der Waals surface area contributed by atoms with E-state index in [1.54, 1.807) is 18.2 Å². The molecule has 0 radical (unpaired) electrons. The SMILES string of the molecule is Cc1ccc(S(=O)(=O)Nn2cnnc2)cc1C. The van der Waals surface area contributed by atoms with Crippen molar-refractivity contribution >= 4 is 10.0 Å². The number of benzene rings is 1. The summed E-state index contributed by atoms with van der Waals surface area (Å²) in [5.74, 6) is 0. The summed E-state index contributed by atoms with van der Waals surface area (Å²) < 4.78 is 25.1. The van der Waals surface area contributed by atoms with Gasteiger partial charge in [0.25, 0.3) is 10.0 Å². The van der Waals surface area contributed by atoms with E-state index in [0.29, 0.717) is 0 Å². The predicted molar refractivity (Wildman–Crippen MR) is 62.5 cm³/mol. The second kappa shape index (κ2) is 4.17. The van der Waals surface area contributed by atoms with Gasteiger partial charge in [-0.15, -0.1) is 10.2 Å². The van der Waals surface area contributed by atoms with Crippen LogP contribution in [-0.2, 0) is 10.0 Å². The van der Waals surface area contributed by atoms with Crippen molar-refractivity contribution in [3.05, 3.63) is 42.0 Å². The minimum Gasteiger partial charge on any atom is -0.221 e. The first-order valence-corrected chi connectivity index (χ1v) is 6.42. The van der Waals surface area contributed by atoms with E-state index in [2.05, 4.69) is 15.0 Å². The first-order valence-electron chi connectivity index (χ1n) is 4.94. The fourth-order valence-electron chi connectivity index (χ4n) is 1.32. The molecule has 6 nitrogen and oxygen atoms in total. The Balaban J connectivity index is 2.35. The fraction of sp³-hybridized carbons (Fsp3) is 0.200. The second-order valence-corrected chi connectivity index (χ2v) is 5.37. The first-order chi connectivity index (χ1) is 7.99. The maximum atomic E-state index is 12.0. The zero-order valence-corrected chi connectivity index (χ0v) is 10.3. The normalized spacial score (nSPS) is 11.4. The highest BCUT2D eigenvalue weighted by Crippen LogP contribution is 2.14. The van der Waals surface area contributed by atoms with Crippen LogP contribution in [0.5, 0.6) is 0 Å². The molecule has 0 spiro atoms. The molecule has 1 heterocycles. The van der Waals surface area contributed by atoms with Gasteiger partial charge in [0.05, 0.1) is 4.90 Å². The molecule has 0 atom stereocenters. The van der Waals surface area contributed by atoms with Crippen molar-refractivity contribution in [2.75, 3.05) is 4.83 Å². The van der Waals surface area contributed by atoms with Gasteiger partial charge in [0.1, 0.15) is 12.7 Å². The molecule has 0 aliphatic rings. The van der Waals surface area contributed by atoms with E-state index in [4.69, 9.17) is 0 Å². The largest absolute Gasteiger partial charge is 0.275 e. The van der Waals surface area contributed by atoms with Gasteiger partial charge < -0.3 is 0 Å². The van der Waals surface area contributed by atoms with Crippen molar-refractivity contribution in [3.8, 4) is 0 Å². The molecule has 0 fully saturated rings. The smallest absolute Gasteiger partial charge is 0.221 e. The topological polar surface area (TPSA) is 76.9 Å². The number of hydrogen-bond donors (Lipinski definition) is 1. The highest BCUT2D eigenvalue weighted by Gasteiger charge is 2.14. The minimum atomic E-state index is -3.59. The molecule has 17 heavy (non-hydrogen) atoms. The van der Waals surface area contributed by atoms with E-state index < -0.39 is 10.0 Å². The van der Waals surface area contributed by atoms with Crippen LogP contribution >= 0.6 is 0 Å². The van der Waals surface area contributed by atoms with E-state index in [-0.39, 0.29) is 4.90 Å². The van der Waals surface area contributed by atoms with Crippen molar-refractivity contribution in [2.45, 2.75) is 18.7 Å². The quantitative estimate of drug-likeness (QED) is 0.877. The predicted octanol–water partition coefficient (Wildman–Crippen LogP) is 0.827. The maximum absolute atomic E-state index is 12.0. The molecule has 0 saturated carbocycles. The van der Waals surface area contributed by atoms with Crippen LogP contribution in [0.15, 0.2) is 35.7 Å². The molecular formula is C10H12N4O2S. The number of sulfonamides is 1. The Hall–Kier alpha value is -1.89. The maximum Gasteiger partial charge on any atom is 0.275 e. The Bertz CT molecular complexity index is 620. The molecule has 0 aliphatic carbocycles. The molecule has 0 bridgehead atoms. The van der Waals surface area contributed by atoms with Crippen molar-refractivity contribution in [3.63, 3.8) is 0 Å². The van der Waals surface area contributed by atoms with Crippen LogP contribution in [0.1, 0.15) is 11.1 Å². The Morgan fingerprint density at radius 3 is 2.35 bits per heavy atom. The Morgan fingerprint density at radius 1 is 1.12 bits per heavy atom. The van der Waals surface area contributed by atoms with Gasteiger partial charge in [0.2, 0.25) is 0 Å². The van der Waals surface area contributed by atoms with Crippen LogP contribution in [-0.4, -0.2) is 23.3 Å². The Kier molecular flexibility index (Phi) is 2.84. The summed E-state index contributed by atoms with van der Waals surface area (Å²) >= 11 is 0. The van der Waals surface area contributed by atoms with Crippen molar-refractivity contribution in [1.29, 1.82) is 0 Å². The molecule has 2 rings (SSSR count). The summed E-state index contributed by atoms with van der Waals surface area (Å²) in [6.07, 6.45) is 2.55. The van der Waals surface area contributed by atoms with Gasteiger partial charge in [-0.3, -0.25) is 0 Å². The third kappa shape index (κ3) is 2.44. The van der Waals surface area contributed by atoms with Gasteiger partial charge in [-0.2, -0.15) is 8.42 Å². The van der Waals surface area contributed by atoms with Crippen LogP contribution in [0.4, 0.5) is 0 Å². The lowest BCUT2D eigenvalue weighted by Gasteiger charge is -2.09. The van der Waals surface area contributed by atoms with Crippen LogP contribution in [0.2, 0.25) is 0 Å². The van der Waals surface area contributed by atoms with Gasteiger partial charge >= 0.3 is 0 Å². The molecule has 0 amide bonds. The number of aryl methyl sites for hydroxylation is 2. The monoisotopic (exact) mass is 252 g/mol. The molecule has 0 unspecified atom stereocenters. The molecule has 1 N–H and O–H groups in total. The zero-order chi connectivity index (χ0) is 12.5. The van der Waals surface area contributed by atoms with E-state index in [0.717, 1.165) is 11.1 Å². The number of nitrogens with zero attached hydrogens (tertiary/aromatic N) is 3. The van der Waals surface area contributed by atoms with Gasteiger partial charge in [-0.25, -0.2) is 9.51 Å². The Labute approximate surface area is 99.3 Å². The lowest BCUT2D eigenvalue weighted by atomic mass is 10.1. The van der Waals surface area contributed by atoms with Crippen LogP contribution in [0.3, 0.4) is 0 Å². The summed E-state index contributed by atoms with van der Waals surface area (Å²) in [6, 6.07) is 4.97. The van der Waals surface area contributed by atoms with Gasteiger partial charge in [0.15, 0.2) is 0 Å². The van der Waals surface area contributed by atoms with Crippen LogP contribution in [0, 0.1) is 13.8 Å². The van der Waals surface area contributed by atoms with Crippen LogP contribution < -0.4 is 4.83 Å². The summed E-state index contributed by atoms with van der Waals surface area (Å²) in [5, 5.41) is 7.04. The molecule has 90 valence electrons. The van der Waals surface area contributed by atoms with E-state index in [1.807, 2.05) is 13.8 Å². The third-order valence-corrected chi connectivity index (χ3v) is 3.76. The summed E-state index contributed by atoms with van der Waals surface area (Å²) in [6.45, 7) is 3.80. The van der Waals surface area contributed by atoms with E-state index in [1.165, 1.54) is 17.3 Å². The van der Waals surface area contributed by atoms with Crippen LogP contribution in [0.25, 0.3) is 0 Å². The number of hydrogen-bond acceptors (Lipinski definition) is 4. The lowest BCUT2D eigenvalue weighted by molar-refractivity contribution is 0.595. The van der Waals surface area contributed by atoms with E-state index >= 15 is 0 Å². The number of rotatable bonds is 3. The highest BCUT2D eigenvalue weighted by molar-refractivity contribution is 7.92. The lowest BCUT2D eigenvalue weighted by Crippen LogP contribution is -2.22. The molecule has 7 heteroatoms. The average molecular weight is 252 g/mol. The van der Waals surface area contributed by atoms with Gasteiger partial charge in [0, 0.05) is 0 Å². The fourth-order valence-corrected chi connectivity index (χ4v) is 2.38. The molecule has 1 aromatic heterocycles. The summed E-state index contributed by atoms with van der Waals surface area (Å²) in [4.78, 5) is 2.54. The van der Waals surface area contributed by atoms with E-state index in [9.17, 15) is 8.42 Å². The zero-order valence-electron chi connectivity index (χ0n) is 9.45. The minimum absolute atomic E-state index is 0.217. The third-order valence-electron chi connectivity index (χ3n) is 2.43. The Morgan fingerprint density at radius 2 is 1.76 bits per heavy atom. The summed E-state index contributed by atoms with van der Waals surface area (Å²) in [7, 11) is -3.59. The molecule has 2 aromatic rings.